The highest BCUT2D eigenvalue weighted by atomic mass is 16.5. The molecule has 104 valence electrons. The highest BCUT2D eigenvalue weighted by Crippen LogP contribution is 2.17. The first-order valence-corrected chi connectivity index (χ1v) is 6.72. The van der Waals surface area contributed by atoms with Gasteiger partial charge < -0.3 is 15.4 Å². The summed E-state index contributed by atoms with van der Waals surface area (Å²) < 4.78 is 4.69. The van der Waals surface area contributed by atoms with Gasteiger partial charge in [0.1, 0.15) is 0 Å². The highest BCUT2D eigenvalue weighted by Gasteiger charge is 2.16. The summed E-state index contributed by atoms with van der Waals surface area (Å²) in [5, 5.41) is 6.57. The van der Waals surface area contributed by atoms with Crippen molar-refractivity contribution in [2.45, 2.75) is 45.1 Å². The number of methoxy groups -OCH3 is 1. The average Bonchev–Trinajstić information content (AvgIpc) is 2.43. The number of nitrogens with one attached hydrogen (secondary N) is 2. The Balaban J connectivity index is 2.31. The van der Waals surface area contributed by atoms with Crippen LogP contribution >= 0.6 is 0 Å². The summed E-state index contributed by atoms with van der Waals surface area (Å²) >= 11 is 0. The van der Waals surface area contributed by atoms with E-state index < -0.39 is 0 Å². The van der Waals surface area contributed by atoms with Crippen LogP contribution in [0.5, 0.6) is 0 Å². The van der Waals surface area contributed by atoms with Crippen LogP contribution in [0.3, 0.4) is 0 Å². The summed E-state index contributed by atoms with van der Waals surface area (Å²) in [6.45, 7) is 2.38. The zero-order chi connectivity index (χ0) is 13.4. The maximum atomic E-state index is 11.3. The number of ether oxygens (including phenoxy) is 1. The van der Waals surface area contributed by atoms with E-state index in [1.165, 1.54) is 39.2 Å². The van der Waals surface area contributed by atoms with Crippen molar-refractivity contribution in [2.75, 3.05) is 20.7 Å². The van der Waals surface area contributed by atoms with Crippen molar-refractivity contribution >= 4 is 11.9 Å². The monoisotopic (exact) mass is 255 g/mol. The third kappa shape index (κ3) is 4.94. The summed E-state index contributed by atoms with van der Waals surface area (Å²) in [5.41, 5.74) is 0. The van der Waals surface area contributed by atoms with E-state index in [9.17, 15) is 4.79 Å². The summed E-state index contributed by atoms with van der Waals surface area (Å²) in [4.78, 5) is 15.5. The molecule has 0 amide bonds. The number of nitrogens with zero attached hydrogens (tertiary/aromatic N) is 1. The minimum absolute atomic E-state index is 0.167. The van der Waals surface area contributed by atoms with Crippen LogP contribution in [0.15, 0.2) is 4.99 Å². The molecule has 0 spiro atoms. The third-order valence-corrected chi connectivity index (χ3v) is 3.35. The lowest BCUT2D eigenvalue weighted by molar-refractivity contribution is -0.144. The van der Waals surface area contributed by atoms with Crippen molar-refractivity contribution in [1.29, 1.82) is 0 Å². The van der Waals surface area contributed by atoms with Crippen molar-refractivity contribution in [1.82, 2.24) is 10.6 Å². The molecule has 5 nitrogen and oxygen atoms in total. The molecule has 1 atom stereocenters. The van der Waals surface area contributed by atoms with Crippen molar-refractivity contribution in [2.24, 2.45) is 10.9 Å². The van der Waals surface area contributed by atoms with Gasteiger partial charge in [0.15, 0.2) is 5.96 Å². The zero-order valence-electron chi connectivity index (χ0n) is 11.7. The molecule has 1 rings (SSSR count). The van der Waals surface area contributed by atoms with Gasteiger partial charge in [0.05, 0.1) is 13.0 Å². The van der Waals surface area contributed by atoms with Gasteiger partial charge in [-0.15, -0.1) is 0 Å². The molecule has 1 unspecified atom stereocenters. The number of hydrogen-bond acceptors (Lipinski definition) is 3. The first kappa shape index (κ1) is 14.8. The largest absolute Gasteiger partial charge is 0.469 e. The number of carbonyl (C=O) groups excluding carboxylic acids is 1. The van der Waals surface area contributed by atoms with E-state index in [1.807, 2.05) is 6.92 Å². The van der Waals surface area contributed by atoms with Gasteiger partial charge in [-0.2, -0.15) is 0 Å². The molecule has 0 aromatic rings. The smallest absolute Gasteiger partial charge is 0.310 e. The van der Waals surface area contributed by atoms with Gasteiger partial charge in [-0.25, -0.2) is 0 Å². The van der Waals surface area contributed by atoms with Crippen LogP contribution in [0.2, 0.25) is 0 Å². The fourth-order valence-corrected chi connectivity index (χ4v) is 2.17. The average molecular weight is 255 g/mol. The van der Waals surface area contributed by atoms with Crippen LogP contribution in [0.4, 0.5) is 0 Å². The van der Waals surface area contributed by atoms with Crippen molar-refractivity contribution in [3.8, 4) is 0 Å². The molecular weight excluding hydrogens is 230 g/mol. The van der Waals surface area contributed by atoms with Crippen LogP contribution in [-0.4, -0.2) is 38.7 Å². The Morgan fingerprint density at radius 3 is 2.61 bits per heavy atom. The Morgan fingerprint density at radius 2 is 2.06 bits per heavy atom. The quantitative estimate of drug-likeness (QED) is 0.451. The van der Waals surface area contributed by atoms with Crippen LogP contribution in [0, 0.1) is 5.92 Å². The molecule has 0 aromatic carbocycles. The molecule has 1 aliphatic rings. The lowest BCUT2D eigenvalue weighted by Crippen LogP contribution is -2.46. The first-order chi connectivity index (χ1) is 8.67. The summed E-state index contributed by atoms with van der Waals surface area (Å²) in [6.07, 6.45) is 6.31. The van der Waals surface area contributed by atoms with E-state index in [2.05, 4.69) is 20.4 Å². The Bertz CT molecular complexity index is 286. The second kappa shape index (κ2) is 7.95. The van der Waals surface area contributed by atoms with Crippen LogP contribution < -0.4 is 10.6 Å². The lowest BCUT2D eigenvalue weighted by atomic mass is 9.96. The van der Waals surface area contributed by atoms with Crippen LogP contribution in [0.1, 0.15) is 39.0 Å². The van der Waals surface area contributed by atoms with Gasteiger partial charge >= 0.3 is 5.97 Å². The first-order valence-electron chi connectivity index (χ1n) is 6.72. The molecule has 0 heterocycles. The van der Waals surface area contributed by atoms with E-state index in [0.29, 0.717) is 12.6 Å². The maximum Gasteiger partial charge on any atom is 0.310 e. The SMILES string of the molecule is CN=C(NCC(C)C(=O)OC)NC1CCCCC1. The van der Waals surface area contributed by atoms with Gasteiger partial charge in [-0.1, -0.05) is 26.2 Å². The van der Waals surface area contributed by atoms with Crippen molar-refractivity contribution < 1.29 is 9.53 Å². The normalized spacial score (nSPS) is 19.2. The lowest BCUT2D eigenvalue weighted by Gasteiger charge is -2.25. The number of hydrogen-bond donors (Lipinski definition) is 2. The van der Waals surface area contributed by atoms with Crippen LogP contribution in [-0.2, 0) is 9.53 Å². The maximum absolute atomic E-state index is 11.3. The second-order valence-electron chi connectivity index (χ2n) is 4.86. The van der Waals surface area contributed by atoms with E-state index in [0.717, 1.165) is 5.96 Å². The number of guanidine groups is 1. The molecule has 0 aliphatic heterocycles. The molecule has 0 saturated heterocycles. The predicted molar refractivity (Wildman–Crippen MR) is 72.6 cm³/mol. The second-order valence-corrected chi connectivity index (χ2v) is 4.86. The van der Waals surface area contributed by atoms with Crippen molar-refractivity contribution in [3.63, 3.8) is 0 Å². The van der Waals surface area contributed by atoms with E-state index >= 15 is 0 Å². The van der Waals surface area contributed by atoms with Gasteiger partial charge in [0.25, 0.3) is 0 Å². The Labute approximate surface area is 109 Å². The number of rotatable bonds is 4. The fourth-order valence-electron chi connectivity index (χ4n) is 2.17. The molecule has 1 fully saturated rings. The molecule has 1 aliphatic carbocycles. The standard InChI is InChI=1S/C13H25N3O2/c1-10(12(17)18-3)9-15-13(14-2)16-11-7-5-4-6-8-11/h10-11H,4-9H2,1-3H3,(H2,14,15,16). The molecule has 0 bridgehead atoms. The minimum atomic E-state index is -0.199. The fraction of sp³-hybridized carbons (Fsp3) is 0.846. The highest BCUT2D eigenvalue weighted by molar-refractivity contribution is 5.81. The number of esters is 1. The number of aliphatic imine (C=N–C) groups is 1. The van der Waals surface area contributed by atoms with Gasteiger partial charge in [0.2, 0.25) is 0 Å². The summed E-state index contributed by atoms with van der Waals surface area (Å²) in [6, 6.07) is 0.512. The van der Waals surface area contributed by atoms with Gasteiger partial charge in [-0.05, 0) is 12.8 Å². The summed E-state index contributed by atoms with van der Waals surface area (Å²) in [5.74, 6) is 0.410. The molecule has 5 heteroatoms. The Kier molecular flexibility index (Phi) is 6.54. The van der Waals surface area contributed by atoms with Crippen molar-refractivity contribution in [3.05, 3.63) is 0 Å². The summed E-state index contributed by atoms with van der Waals surface area (Å²) in [7, 11) is 3.16. The van der Waals surface area contributed by atoms with Crippen LogP contribution in [0.25, 0.3) is 0 Å². The van der Waals surface area contributed by atoms with E-state index in [4.69, 9.17) is 0 Å². The molecule has 0 radical (unpaired) electrons. The van der Waals surface area contributed by atoms with Gasteiger partial charge in [-0.3, -0.25) is 9.79 Å². The predicted octanol–water partition coefficient (Wildman–Crippen LogP) is 1.29. The van der Waals surface area contributed by atoms with E-state index in [-0.39, 0.29) is 11.9 Å². The Hall–Kier alpha value is -1.26. The topological polar surface area (TPSA) is 62.7 Å². The Morgan fingerprint density at radius 1 is 1.39 bits per heavy atom. The molecular formula is C13H25N3O2. The molecule has 0 aromatic heterocycles. The van der Waals surface area contributed by atoms with E-state index in [1.54, 1.807) is 7.05 Å². The van der Waals surface area contributed by atoms with Gasteiger partial charge in [0, 0.05) is 19.6 Å². The number of carbonyl (C=O) groups is 1. The molecule has 2 N–H and O–H groups in total. The third-order valence-electron chi connectivity index (χ3n) is 3.35. The zero-order valence-corrected chi connectivity index (χ0v) is 11.7. The molecule has 1 saturated carbocycles. The molecule has 18 heavy (non-hydrogen) atoms. The minimum Gasteiger partial charge on any atom is -0.469 e.